The van der Waals surface area contributed by atoms with E-state index in [0.29, 0.717) is 59.8 Å². The monoisotopic (exact) mass is 591 g/mol. The van der Waals surface area contributed by atoms with E-state index in [-0.39, 0.29) is 11.8 Å². The van der Waals surface area contributed by atoms with Crippen molar-refractivity contribution in [3.63, 3.8) is 0 Å². The SMILES string of the molecule is CS(=O)(=O)N1CCC(C(=O)N(CCCN2CCC(Nc3ccc(C#N)cc3)CC2)c2ccc(Cl)c(Cl)c2)CC1. The Bertz CT molecular complexity index is 1280. The van der Waals surface area contributed by atoms with Crippen molar-refractivity contribution in [3.05, 3.63) is 58.1 Å². The van der Waals surface area contributed by atoms with Crippen molar-refractivity contribution in [1.82, 2.24) is 9.21 Å². The van der Waals surface area contributed by atoms with E-state index in [1.54, 1.807) is 17.0 Å². The van der Waals surface area contributed by atoms with Crippen LogP contribution in [0.3, 0.4) is 0 Å². The number of sulfonamides is 1. The molecule has 210 valence electrons. The summed E-state index contributed by atoms with van der Waals surface area (Å²) >= 11 is 12.4. The predicted octanol–water partition coefficient (Wildman–Crippen LogP) is 4.84. The van der Waals surface area contributed by atoms with E-state index in [0.717, 1.165) is 44.6 Å². The third kappa shape index (κ3) is 8.09. The fourth-order valence-corrected chi connectivity index (χ4v) is 6.47. The van der Waals surface area contributed by atoms with Gasteiger partial charge in [0.25, 0.3) is 0 Å². The van der Waals surface area contributed by atoms with Crippen molar-refractivity contribution in [3.8, 4) is 6.07 Å². The molecule has 0 aromatic heterocycles. The first kappa shape index (κ1) is 29.6. The van der Waals surface area contributed by atoms with Crippen LogP contribution in [0, 0.1) is 17.2 Å². The Morgan fingerprint density at radius 2 is 1.69 bits per heavy atom. The number of benzene rings is 2. The van der Waals surface area contributed by atoms with Gasteiger partial charge in [0.1, 0.15) is 0 Å². The minimum Gasteiger partial charge on any atom is -0.382 e. The molecule has 0 bridgehead atoms. The number of carbonyl (C=O) groups excluding carboxylic acids is 1. The number of hydrogen-bond acceptors (Lipinski definition) is 6. The maximum absolute atomic E-state index is 13.6. The molecule has 0 aliphatic carbocycles. The van der Waals surface area contributed by atoms with Crippen LogP contribution in [0.1, 0.15) is 37.7 Å². The van der Waals surface area contributed by atoms with Crippen LogP contribution in [0.15, 0.2) is 42.5 Å². The Morgan fingerprint density at radius 3 is 2.28 bits per heavy atom. The number of anilines is 2. The van der Waals surface area contributed by atoms with Crippen molar-refractivity contribution < 1.29 is 13.2 Å². The number of hydrogen-bond donors (Lipinski definition) is 1. The number of nitrogens with zero attached hydrogens (tertiary/aromatic N) is 4. The molecule has 8 nitrogen and oxygen atoms in total. The fraction of sp³-hybridized carbons (Fsp3) is 0.500. The molecule has 0 atom stereocenters. The molecule has 2 aliphatic heterocycles. The number of likely N-dealkylation sites (tertiary alicyclic amines) is 1. The fourth-order valence-electron chi connectivity index (χ4n) is 5.30. The Hall–Kier alpha value is -2.35. The van der Waals surface area contributed by atoms with E-state index < -0.39 is 10.0 Å². The molecule has 1 amide bonds. The first-order chi connectivity index (χ1) is 18.6. The van der Waals surface area contributed by atoms with Gasteiger partial charge in [-0.25, -0.2) is 12.7 Å². The maximum atomic E-state index is 13.6. The highest BCUT2D eigenvalue weighted by molar-refractivity contribution is 7.88. The molecule has 39 heavy (non-hydrogen) atoms. The molecule has 0 unspecified atom stereocenters. The van der Waals surface area contributed by atoms with E-state index in [1.165, 1.54) is 10.6 Å². The number of piperidine rings is 2. The molecule has 2 aromatic rings. The average molecular weight is 593 g/mol. The zero-order chi connectivity index (χ0) is 28.0. The highest BCUT2D eigenvalue weighted by atomic mass is 35.5. The van der Waals surface area contributed by atoms with Crippen LogP contribution in [0.4, 0.5) is 11.4 Å². The molecule has 0 radical (unpaired) electrons. The summed E-state index contributed by atoms with van der Waals surface area (Å²) in [5, 5.41) is 13.4. The lowest BCUT2D eigenvalue weighted by Crippen LogP contribution is -2.45. The summed E-state index contributed by atoms with van der Waals surface area (Å²) in [7, 11) is -3.25. The molecule has 2 heterocycles. The predicted molar refractivity (Wildman–Crippen MR) is 157 cm³/mol. The second-order valence-corrected chi connectivity index (χ2v) is 13.1. The van der Waals surface area contributed by atoms with Crippen molar-refractivity contribution in [2.75, 3.05) is 55.7 Å². The summed E-state index contributed by atoms with van der Waals surface area (Å²) < 4.78 is 25.2. The Balaban J connectivity index is 1.31. The summed E-state index contributed by atoms with van der Waals surface area (Å²) in [4.78, 5) is 17.9. The molecule has 11 heteroatoms. The molecular weight excluding hydrogens is 557 g/mol. The van der Waals surface area contributed by atoms with E-state index >= 15 is 0 Å². The van der Waals surface area contributed by atoms with Crippen LogP contribution in [-0.2, 0) is 14.8 Å². The summed E-state index contributed by atoms with van der Waals surface area (Å²) in [6.45, 7) is 4.08. The van der Waals surface area contributed by atoms with E-state index in [9.17, 15) is 13.2 Å². The van der Waals surface area contributed by atoms with E-state index in [4.69, 9.17) is 28.5 Å². The number of halogens is 2. The highest BCUT2D eigenvalue weighted by Gasteiger charge is 2.32. The molecule has 2 fully saturated rings. The molecule has 2 saturated heterocycles. The Labute approximate surface area is 241 Å². The maximum Gasteiger partial charge on any atom is 0.230 e. The smallest absolute Gasteiger partial charge is 0.230 e. The van der Waals surface area contributed by atoms with Crippen LogP contribution in [0.5, 0.6) is 0 Å². The number of nitrogens with one attached hydrogen (secondary N) is 1. The quantitative estimate of drug-likeness (QED) is 0.448. The lowest BCUT2D eigenvalue weighted by atomic mass is 9.96. The van der Waals surface area contributed by atoms with Crippen LogP contribution in [0.2, 0.25) is 10.0 Å². The molecule has 2 aliphatic rings. The van der Waals surface area contributed by atoms with Crippen LogP contribution < -0.4 is 10.2 Å². The second-order valence-electron chi connectivity index (χ2n) is 10.3. The Morgan fingerprint density at radius 1 is 1.03 bits per heavy atom. The van der Waals surface area contributed by atoms with Gasteiger partial charge in [0.15, 0.2) is 0 Å². The number of nitriles is 1. The second kappa shape index (κ2) is 13.3. The molecular formula is C28H35Cl2N5O3S. The largest absolute Gasteiger partial charge is 0.382 e. The van der Waals surface area contributed by atoms with Crippen molar-refractivity contribution in [2.24, 2.45) is 5.92 Å². The molecule has 4 rings (SSSR count). The molecule has 2 aromatic carbocycles. The van der Waals surface area contributed by atoms with Gasteiger partial charge >= 0.3 is 0 Å². The van der Waals surface area contributed by atoms with Gasteiger partial charge in [-0.1, -0.05) is 23.2 Å². The van der Waals surface area contributed by atoms with Crippen molar-refractivity contribution in [1.29, 1.82) is 5.26 Å². The third-order valence-corrected chi connectivity index (χ3v) is 9.62. The summed E-state index contributed by atoms with van der Waals surface area (Å²) in [5.41, 5.74) is 2.40. The summed E-state index contributed by atoms with van der Waals surface area (Å²) in [6.07, 6.45) is 5.07. The highest BCUT2D eigenvalue weighted by Crippen LogP contribution is 2.30. The standard InChI is InChI=1S/C28H35Cl2N5O3S/c1-39(37,38)34-17-9-22(10-18-34)28(36)35(25-7-8-26(29)27(30)19-25)14-2-13-33-15-11-24(12-16-33)32-23-5-3-21(20-31)4-6-23/h3-8,19,22,24,32H,2,9-18H2,1H3. The number of rotatable bonds is 9. The van der Waals surface area contributed by atoms with Gasteiger partial charge in [-0.2, -0.15) is 5.26 Å². The molecule has 1 N–H and O–H groups in total. The number of carbonyl (C=O) groups is 1. The lowest BCUT2D eigenvalue weighted by molar-refractivity contribution is -0.123. The normalized spacial score (nSPS) is 18.0. The first-order valence-corrected chi connectivity index (χ1v) is 15.9. The van der Waals surface area contributed by atoms with Gasteiger partial charge in [0.2, 0.25) is 15.9 Å². The van der Waals surface area contributed by atoms with Gasteiger partial charge in [-0.05, 0) is 81.1 Å². The van der Waals surface area contributed by atoms with Crippen LogP contribution in [0.25, 0.3) is 0 Å². The molecule has 0 saturated carbocycles. The topological polar surface area (TPSA) is 96.8 Å². The van der Waals surface area contributed by atoms with Gasteiger partial charge < -0.3 is 15.1 Å². The van der Waals surface area contributed by atoms with E-state index in [1.807, 2.05) is 30.3 Å². The molecule has 0 spiro atoms. The lowest BCUT2D eigenvalue weighted by Gasteiger charge is -2.35. The van der Waals surface area contributed by atoms with Crippen molar-refractivity contribution in [2.45, 2.75) is 38.1 Å². The van der Waals surface area contributed by atoms with Crippen molar-refractivity contribution >= 4 is 50.5 Å². The summed E-state index contributed by atoms with van der Waals surface area (Å²) in [5.74, 6) is -0.228. The minimum atomic E-state index is -3.25. The Kier molecular flexibility index (Phi) is 10.1. The number of amides is 1. The van der Waals surface area contributed by atoms with Crippen LogP contribution in [-0.4, -0.2) is 75.1 Å². The average Bonchev–Trinajstić information content (AvgIpc) is 2.93. The zero-order valence-electron chi connectivity index (χ0n) is 22.2. The van der Waals surface area contributed by atoms with Crippen LogP contribution >= 0.6 is 23.2 Å². The summed E-state index contributed by atoms with van der Waals surface area (Å²) in [6, 6.07) is 15.3. The third-order valence-electron chi connectivity index (χ3n) is 7.58. The zero-order valence-corrected chi connectivity index (χ0v) is 24.5. The van der Waals surface area contributed by atoms with Gasteiger partial charge in [0, 0.05) is 56.1 Å². The van der Waals surface area contributed by atoms with Gasteiger partial charge in [-0.15, -0.1) is 0 Å². The van der Waals surface area contributed by atoms with Gasteiger partial charge in [0.05, 0.1) is 27.9 Å². The van der Waals surface area contributed by atoms with E-state index in [2.05, 4.69) is 16.3 Å². The minimum absolute atomic E-state index is 0.00636. The first-order valence-electron chi connectivity index (χ1n) is 13.3. The van der Waals surface area contributed by atoms with Gasteiger partial charge in [-0.3, -0.25) is 4.79 Å².